The smallest absolute Gasteiger partial charge is 0.170 e. The van der Waals surface area contributed by atoms with Crippen molar-refractivity contribution in [2.45, 2.75) is 6.10 Å². The summed E-state index contributed by atoms with van der Waals surface area (Å²) in [7, 11) is 0. The van der Waals surface area contributed by atoms with Gasteiger partial charge in [-0.05, 0) is 0 Å². The number of nitrogens with zero attached hydrogens (tertiary/aromatic N) is 3. The van der Waals surface area contributed by atoms with Crippen LogP contribution in [0.4, 0.5) is 14.6 Å². The second kappa shape index (κ2) is 5.13. The molecule has 18 heavy (non-hydrogen) atoms. The first-order chi connectivity index (χ1) is 8.61. The van der Waals surface area contributed by atoms with Gasteiger partial charge in [0.2, 0.25) is 0 Å². The zero-order valence-corrected chi connectivity index (χ0v) is 9.38. The molecule has 8 heteroatoms. The molecule has 1 fully saturated rings. The van der Waals surface area contributed by atoms with Gasteiger partial charge in [0.25, 0.3) is 0 Å². The van der Waals surface area contributed by atoms with Gasteiger partial charge in [-0.25, -0.2) is 13.8 Å². The highest BCUT2D eigenvalue weighted by Crippen LogP contribution is 2.19. The average molecular weight is 258 g/mol. The van der Waals surface area contributed by atoms with E-state index in [2.05, 4.69) is 10.1 Å². The van der Waals surface area contributed by atoms with E-state index in [-0.39, 0.29) is 24.8 Å². The number of pyridine rings is 1. The molecule has 0 spiro atoms. The number of halogens is 2. The normalized spacial score (nSPS) is 21.1. The lowest BCUT2D eigenvalue weighted by atomic mass is 10.2. The van der Waals surface area contributed by atoms with Gasteiger partial charge < -0.3 is 20.6 Å². The fraction of sp³-hybridized carbons (Fsp3) is 0.400. The van der Waals surface area contributed by atoms with E-state index in [1.165, 1.54) is 0 Å². The molecule has 0 amide bonds. The van der Waals surface area contributed by atoms with Gasteiger partial charge >= 0.3 is 0 Å². The number of morpholine rings is 1. The van der Waals surface area contributed by atoms with Crippen molar-refractivity contribution < 1.29 is 18.7 Å². The summed E-state index contributed by atoms with van der Waals surface area (Å²) in [6, 6.07) is 0.760. The van der Waals surface area contributed by atoms with Crippen LogP contribution in [0.5, 0.6) is 0 Å². The van der Waals surface area contributed by atoms with E-state index in [0.717, 1.165) is 12.3 Å². The summed E-state index contributed by atoms with van der Waals surface area (Å²) in [4.78, 5) is 5.25. The van der Waals surface area contributed by atoms with Crippen molar-refractivity contribution in [1.82, 2.24) is 4.98 Å². The number of anilines is 1. The van der Waals surface area contributed by atoms with Crippen molar-refractivity contribution in [3.05, 3.63) is 23.9 Å². The van der Waals surface area contributed by atoms with E-state index in [4.69, 9.17) is 15.7 Å². The Morgan fingerprint density at radius 1 is 1.61 bits per heavy atom. The maximum atomic E-state index is 13.5. The molecule has 0 radical (unpaired) electrons. The quantitative estimate of drug-likeness (QED) is 0.345. The molecule has 1 unspecified atom stereocenters. The van der Waals surface area contributed by atoms with Crippen molar-refractivity contribution in [3.8, 4) is 0 Å². The van der Waals surface area contributed by atoms with Crippen LogP contribution in [0.15, 0.2) is 17.4 Å². The van der Waals surface area contributed by atoms with Crippen molar-refractivity contribution in [2.24, 2.45) is 10.9 Å². The van der Waals surface area contributed by atoms with Crippen LogP contribution in [0.3, 0.4) is 0 Å². The Hall–Kier alpha value is -1.96. The topological polar surface area (TPSA) is 84.0 Å². The van der Waals surface area contributed by atoms with Gasteiger partial charge in [-0.1, -0.05) is 5.16 Å². The summed E-state index contributed by atoms with van der Waals surface area (Å²) in [5.41, 5.74) is 5.42. The van der Waals surface area contributed by atoms with Gasteiger partial charge in [0, 0.05) is 12.6 Å². The summed E-state index contributed by atoms with van der Waals surface area (Å²) in [6.07, 6.45) is 0.293. The van der Waals surface area contributed by atoms with Crippen LogP contribution in [0.2, 0.25) is 0 Å². The molecule has 6 nitrogen and oxygen atoms in total. The summed E-state index contributed by atoms with van der Waals surface area (Å²) in [5, 5.41) is 11.4. The molecule has 1 aliphatic heterocycles. The van der Waals surface area contributed by atoms with Crippen LogP contribution in [0, 0.1) is 11.6 Å². The molecule has 2 heterocycles. The minimum Gasteiger partial charge on any atom is -0.409 e. The lowest BCUT2D eigenvalue weighted by molar-refractivity contribution is 0.0801. The predicted molar refractivity (Wildman–Crippen MR) is 59.5 cm³/mol. The summed E-state index contributed by atoms with van der Waals surface area (Å²) >= 11 is 0. The van der Waals surface area contributed by atoms with Crippen LogP contribution >= 0.6 is 0 Å². The van der Waals surface area contributed by atoms with Crippen molar-refractivity contribution >= 4 is 11.7 Å². The SMILES string of the molecule is NC(=NO)C1CN(c2ncc(F)cc2F)CCO1. The molecule has 0 saturated carbocycles. The lowest BCUT2D eigenvalue weighted by Crippen LogP contribution is -2.49. The summed E-state index contributed by atoms with van der Waals surface area (Å²) in [6.45, 7) is 0.857. The molecule has 1 atom stereocenters. The highest BCUT2D eigenvalue weighted by atomic mass is 19.1. The molecule has 1 aromatic heterocycles. The molecular weight excluding hydrogens is 246 g/mol. The number of aromatic nitrogens is 1. The molecule has 0 aliphatic carbocycles. The number of hydrogen-bond acceptors (Lipinski definition) is 5. The van der Waals surface area contributed by atoms with E-state index in [0.29, 0.717) is 6.54 Å². The molecule has 0 aromatic carbocycles. The van der Waals surface area contributed by atoms with Gasteiger partial charge in [-0.2, -0.15) is 0 Å². The zero-order valence-electron chi connectivity index (χ0n) is 9.38. The number of hydrogen-bond donors (Lipinski definition) is 2. The largest absolute Gasteiger partial charge is 0.409 e. The fourth-order valence-electron chi connectivity index (χ4n) is 1.73. The van der Waals surface area contributed by atoms with E-state index in [1.54, 1.807) is 4.90 Å². The highest BCUT2D eigenvalue weighted by molar-refractivity contribution is 5.85. The Kier molecular flexibility index (Phi) is 3.56. The number of nitrogens with two attached hydrogens (primary N) is 1. The third-order valence-corrected chi connectivity index (χ3v) is 2.60. The first-order valence-corrected chi connectivity index (χ1v) is 5.27. The molecule has 0 bridgehead atoms. The van der Waals surface area contributed by atoms with Gasteiger partial charge in [-0.3, -0.25) is 0 Å². The molecule has 2 rings (SSSR count). The first kappa shape index (κ1) is 12.5. The van der Waals surface area contributed by atoms with Gasteiger partial charge in [0.15, 0.2) is 17.5 Å². The van der Waals surface area contributed by atoms with E-state index in [1.807, 2.05) is 0 Å². The summed E-state index contributed by atoms with van der Waals surface area (Å²) in [5.74, 6) is -1.56. The molecule has 1 aromatic rings. The standard InChI is InChI=1S/C10H12F2N4O2/c11-6-3-7(12)10(14-4-6)16-1-2-18-8(5-16)9(13)15-17/h3-4,8,17H,1-2,5H2,(H2,13,15). The number of oxime groups is 1. The lowest BCUT2D eigenvalue weighted by Gasteiger charge is -2.33. The minimum absolute atomic E-state index is 0.0236. The maximum absolute atomic E-state index is 13.5. The Labute approximate surface area is 102 Å². The van der Waals surface area contributed by atoms with Crippen LogP contribution in [-0.2, 0) is 4.74 Å². The zero-order chi connectivity index (χ0) is 13.1. The minimum atomic E-state index is -0.754. The van der Waals surface area contributed by atoms with Crippen molar-refractivity contribution in [1.29, 1.82) is 0 Å². The Morgan fingerprint density at radius 2 is 2.39 bits per heavy atom. The number of ether oxygens (including phenoxy) is 1. The average Bonchev–Trinajstić information content (AvgIpc) is 2.38. The Bertz CT molecular complexity index is 469. The first-order valence-electron chi connectivity index (χ1n) is 5.27. The third kappa shape index (κ3) is 2.48. The predicted octanol–water partition coefficient (Wildman–Crippen LogP) is 0.311. The maximum Gasteiger partial charge on any atom is 0.170 e. The van der Waals surface area contributed by atoms with E-state index < -0.39 is 17.7 Å². The van der Waals surface area contributed by atoms with Crippen molar-refractivity contribution in [2.75, 3.05) is 24.6 Å². The van der Waals surface area contributed by atoms with Crippen LogP contribution in [0.1, 0.15) is 0 Å². The number of rotatable bonds is 2. The van der Waals surface area contributed by atoms with Crippen molar-refractivity contribution in [3.63, 3.8) is 0 Å². The molecule has 3 N–H and O–H groups in total. The molecule has 98 valence electrons. The third-order valence-electron chi connectivity index (χ3n) is 2.60. The van der Waals surface area contributed by atoms with E-state index in [9.17, 15) is 8.78 Å². The fourth-order valence-corrected chi connectivity index (χ4v) is 1.73. The van der Waals surface area contributed by atoms with Gasteiger partial charge in [-0.15, -0.1) is 0 Å². The number of amidine groups is 1. The summed E-state index contributed by atoms with van der Waals surface area (Å²) < 4.78 is 31.6. The van der Waals surface area contributed by atoms with Crippen LogP contribution < -0.4 is 10.6 Å². The van der Waals surface area contributed by atoms with Crippen LogP contribution in [-0.4, -0.2) is 41.8 Å². The molecule has 1 aliphatic rings. The van der Waals surface area contributed by atoms with Gasteiger partial charge in [0.1, 0.15) is 11.9 Å². The monoisotopic (exact) mass is 258 g/mol. The molecule has 1 saturated heterocycles. The second-order valence-electron chi connectivity index (χ2n) is 3.79. The van der Waals surface area contributed by atoms with Gasteiger partial charge in [0.05, 0.1) is 19.3 Å². The molecular formula is C10H12F2N4O2. The highest BCUT2D eigenvalue weighted by Gasteiger charge is 2.26. The van der Waals surface area contributed by atoms with E-state index >= 15 is 0 Å². The van der Waals surface area contributed by atoms with Crippen LogP contribution in [0.25, 0.3) is 0 Å². The second-order valence-corrected chi connectivity index (χ2v) is 3.79. The Morgan fingerprint density at radius 3 is 3.06 bits per heavy atom. The Balaban J connectivity index is 2.18.